The Hall–Kier alpha value is -5.43. The Morgan fingerprint density at radius 1 is 1.04 bits per heavy atom. The number of ether oxygens (including phenoxy) is 1. The van der Waals surface area contributed by atoms with Crippen molar-refractivity contribution in [3.63, 3.8) is 0 Å². The lowest BCUT2D eigenvalue weighted by molar-refractivity contribution is -0.144. The van der Waals surface area contributed by atoms with Gasteiger partial charge in [0.25, 0.3) is 11.8 Å². The molecule has 5 heterocycles. The van der Waals surface area contributed by atoms with Crippen molar-refractivity contribution >= 4 is 61.2 Å². The van der Waals surface area contributed by atoms with Crippen molar-refractivity contribution in [3.8, 4) is 11.5 Å². The third kappa shape index (κ3) is 7.00. The number of rotatable bonds is 7. The maximum absolute atomic E-state index is 15.9. The predicted molar refractivity (Wildman–Crippen MR) is 200 cm³/mol. The Kier molecular flexibility index (Phi) is 9.18. The zero-order valence-electron chi connectivity index (χ0n) is 31.2. The number of hydrogen-bond donors (Lipinski definition) is 3. The number of carbonyl (C=O) groups is 4. The highest BCUT2D eigenvalue weighted by Gasteiger charge is 2.47. The standard InChI is InChI=1S/C38H40F3N7O8S/c1-37(2,3)48-28-12-21(5-7-24(28)34(43-48)25-8-9-30(50)42-36(25)53)27-10-11-45(19-38(27,40)41)18-32(52)46-15-23(16-46)56-22-6-4-20-13-29(49)35(33(39)26(20)14-22)47-17-31(51)44-57(47,54)55/h4-7,12-14,23,25,27,49H,8-11,15-19H2,1-3H3,(H,44,51)(H,42,50,53). The van der Waals surface area contributed by atoms with Gasteiger partial charge in [0.2, 0.25) is 17.7 Å². The van der Waals surface area contributed by atoms with Crippen LogP contribution in [0.4, 0.5) is 18.9 Å². The second kappa shape index (κ2) is 13.6. The van der Waals surface area contributed by atoms with Crippen LogP contribution in [0.25, 0.3) is 21.7 Å². The molecule has 19 heteroatoms. The zero-order chi connectivity index (χ0) is 40.8. The molecular weight excluding hydrogens is 772 g/mol. The van der Waals surface area contributed by atoms with Gasteiger partial charge < -0.3 is 14.7 Å². The second-order valence-corrected chi connectivity index (χ2v) is 17.7. The van der Waals surface area contributed by atoms with E-state index in [-0.39, 0.29) is 67.4 Å². The summed E-state index contributed by atoms with van der Waals surface area (Å²) in [6, 6.07) is 10.6. The number of aromatic nitrogens is 2. The number of carbonyl (C=O) groups excluding carboxylic acids is 4. The van der Waals surface area contributed by atoms with E-state index < -0.39 is 81.8 Å². The van der Waals surface area contributed by atoms with Gasteiger partial charge in [-0.25, -0.2) is 22.2 Å². The molecule has 8 rings (SSSR count). The number of nitrogens with one attached hydrogen (secondary N) is 2. The summed E-state index contributed by atoms with van der Waals surface area (Å²) in [5.41, 5.74) is 0.339. The van der Waals surface area contributed by atoms with Crippen LogP contribution in [0.5, 0.6) is 11.5 Å². The van der Waals surface area contributed by atoms with E-state index in [4.69, 9.17) is 9.84 Å². The number of piperidine rings is 2. The first-order chi connectivity index (χ1) is 26.8. The van der Waals surface area contributed by atoms with E-state index in [1.54, 1.807) is 27.6 Å². The predicted octanol–water partition coefficient (Wildman–Crippen LogP) is 3.20. The molecule has 57 heavy (non-hydrogen) atoms. The molecule has 0 saturated carbocycles. The molecule has 0 aliphatic carbocycles. The Morgan fingerprint density at radius 2 is 1.79 bits per heavy atom. The minimum Gasteiger partial charge on any atom is -0.506 e. The average Bonchev–Trinajstić information content (AvgIpc) is 3.61. The summed E-state index contributed by atoms with van der Waals surface area (Å²) in [6.07, 6.45) is 0.103. The fourth-order valence-electron chi connectivity index (χ4n) is 8.12. The lowest BCUT2D eigenvalue weighted by Gasteiger charge is -2.42. The number of hydrogen-bond acceptors (Lipinski definition) is 10. The molecule has 4 aliphatic rings. The maximum Gasteiger partial charge on any atom is 0.326 e. The second-order valence-electron chi connectivity index (χ2n) is 16.1. The van der Waals surface area contributed by atoms with Gasteiger partial charge in [-0.2, -0.15) is 13.5 Å². The molecule has 4 saturated heterocycles. The summed E-state index contributed by atoms with van der Waals surface area (Å²) in [7, 11) is -4.39. The van der Waals surface area contributed by atoms with Gasteiger partial charge in [0, 0.05) is 17.2 Å². The lowest BCUT2D eigenvalue weighted by Crippen LogP contribution is -2.59. The molecule has 3 N–H and O–H groups in total. The fraction of sp³-hybridized carbons (Fsp3) is 0.447. The number of nitrogens with zero attached hydrogens (tertiary/aromatic N) is 5. The van der Waals surface area contributed by atoms with Crippen LogP contribution in [0.3, 0.4) is 0 Å². The van der Waals surface area contributed by atoms with E-state index in [0.717, 1.165) is 0 Å². The van der Waals surface area contributed by atoms with Gasteiger partial charge >= 0.3 is 10.2 Å². The van der Waals surface area contributed by atoms with Crippen molar-refractivity contribution in [3.05, 3.63) is 59.5 Å². The summed E-state index contributed by atoms with van der Waals surface area (Å²) >= 11 is 0. The van der Waals surface area contributed by atoms with E-state index in [0.29, 0.717) is 32.9 Å². The summed E-state index contributed by atoms with van der Waals surface area (Å²) < 4.78 is 82.0. The number of amides is 4. The molecule has 4 amide bonds. The van der Waals surface area contributed by atoms with Gasteiger partial charge in [-0.1, -0.05) is 18.2 Å². The smallest absolute Gasteiger partial charge is 0.326 e. The van der Waals surface area contributed by atoms with Crippen LogP contribution in [0.1, 0.15) is 63.1 Å². The molecule has 0 spiro atoms. The lowest BCUT2D eigenvalue weighted by atomic mass is 9.85. The maximum atomic E-state index is 15.9. The number of likely N-dealkylation sites (tertiary alicyclic amines) is 2. The van der Waals surface area contributed by atoms with Crippen LogP contribution in [-0.4, -0.2) is 108 Å². The molecule has 1 aromatic heterocycles. The summed E-state index contributed by atoms with van der Waals surface area (Å²) in [6.45, 7) is 4.82. The SMILES string of the molecule is CC(C)(C)n1nc(C2CCC(=O)NC2=O)c2ccc(C3CCN(CC(=O)N4CC(Oc5ccc6cc(O)c(N7CC(=O)NS7(=O)=O)c(F)c6c5)C4)CC3(F)F)cc21. The van der Waals surface area contributed by atoms with E-state index >= 15 is 13.2 Å². The van der Waals surface area contributed by atoms with Crippen LogP contribution in [-0.2, 0) is 34.9 Å². The van der Waals surface area contributed by atoms with E-state index in [2.05, 4.69) is 5.32 Å². The Labute approximate surface area is 324 Å². The Bertz CT molecular complexity index is 2480. The van der Waals surface area contributed by atoms with Crippen LogP contribution >= 0.6 is 0 Å². The van der Waals surface area contributed by atoms with Crippen molar-refractivity contribution in [2.24, 2.45) is 0 Å². The zero-order valence-corrected chi connectivity index (χ0v) is 32.0. The molecule has 4 aromatic rings. The number of fused-ring (bicyclic) bond motifs is 2. The first kappa shape index (κ1) is 38.4. The number of anilines is 1. The van der Waals surface area contributed by atoms with Crippen molar-refractivity contribution in [1.82, 2.24) is 29.6 Å². The number of benzene rings is 3. The molecule has 0 radical (unpaired) electrons. The number of halogens is 3. The highest BCUT2D eigenvalue weighted by molar-refractivity contribution is 7.92. The van der Waals surface area contributed by atoms with Crippen molar-refractivity contribution < 1.29 is 50.6 Å². The van der Waals surface area contributed by atoms with E-state index in [1.165, 1.54) is 34.1 Å². The van der Waals surface area contributed by atoms with Crippen molar-refractivity contribution in [2.45, 2.75) is 69.4 Å². The monoisotopic (exact) mass is 811 g/mol. The number of aromatic hydroxyl groups is 1. The Morgan fingerprint density at radius 3 is 2.46 bits per heavy atom. The molecule has 0 bridgehead atoms. The highest BCUT2D eigenvalue weighted by Crippen LogP contribution is 2.43. The average molecular weight is 812 g/mol. The van der Waals surface area contributed by atoms with Gasteiger partial charge in [-0.3, -0.25) is 34.1 Å². The fourth-order valence-corrected chi connectivity index (χ4v) is 9.28. The van der Waals surface area contributed by atoms with Gasteiger partial charge in [0.15, 0.2) is 5.82 Å². The number of phenolic OH excluding ortho intramolecular Hbond substituents is 1. The number of phenols is 1. The minimum absolute atomic E-state index is 0.0665. The summed E-state index contributed by atoms with van der Waals surface area (Å²) in [5.74, 6) is -8.45. The molecule has 302 valence electrons. The molecular formula is C38H40F3N7O8S. The highest BCUT2D eigenvalue weighted by atomic mass is 32.2. The normalized spacial score (nSPS) is 22.8. The number of imide groups is 1. The minimum atomic E-state index is -4.39. The largest absolute Gasteiger partial charge is 0.506 e. The van der Waals surface area contributed by atoms with Crippen molar-refractivity contribution in [2.75, 3.05) is 43.6 Å². The third-order valence-electron chi connectivity index (χ3n) is 11.0. The first-order valence-corrected chi connectivity index (χ1v) is 19.9. The van der Waals surface area contributed by atoms with E-state index in [9.17, 15) is 32.7 Å². The summed E-state index contributed by atoms with van der Waals surface area (Å²) in [4.78, 5) is 52.3. The quantitative estimate of drug-likeness (QED) is 0.235. The van der Waals surface area contributed by atoms with Crippen LogP contribution in [0, 0.1) is 5.82 Å². The van der Waals surface area contributed by atoms with Gasteiger partial charge in [0.1, 0.15) is 29.8 Å². The molecule has 4 fully saturated rings. The first-order valence-electron chi connectivity index (χ1n) is 18.5. The molecule has 2 atom stereocenters. The molecule has 3 aromatic carbocycles. The van der Waals surface area contributed by atoms with Gasteiger partial charge in [-0.05, 0) is 75.4 Å². The van der Waals surface area contributed by atoms with Crippen LogP contribution in [0.2, 0.25) is 0 Å². The van der Waals surface area contributed by atoms with E-state index in [1.807, 2.05) is 20.8 Å². The topological polar surface area (TPSA) is 183 Å². The van der Waals surface area contributed by atoms with Crippen LogP contribution < -0.4 is 19.1 Å². The van der Waals surface area contributed by atoms with Crippen molar-refractivity contribution in [1.29, 1.82) is 0 Å². The third-order valence-corrected chi connectivity index (χ3v) is 12.3. The summed E-state index contributed by atoms with van der Waals surface area (Å²) in [5, 5.41) is 18.4. The van der Waals surface area contributed by atoms with Gasteiger partial charge in [0.05, 0.1) is 54.8 Å². The molecule has 4 aliphatic heterocycles. The molecule has 15 nitrogen and oxygen atoms in total. The molecule has 2 unspecified atom stereocenters. The van der Waals surface area contributed by atoms with Gasteiger partial charge in [-0.15, -0.1) is 0 Å². The van der Waals surface area contributed by atoms with Crippen LogP contribution in [0.15, 0.2) is 42.5 Å². The number of alkyl halides is 2. The Balaban J connectivity index is 0.903.